The van der Waals surface area contributed by atoms with Crippen LogP contribution in [0.15, 0.2) is 52.3 Å². The number of sulfone groups is 1. The quantitative estimate of drug-likeness (QED) is 0.608. The van der Waals surface area contributed by atoms with E-state index in [4.69, 9.17) is 9.47 Å². The Morgan fingerprint density at radius 2 is 1.87 bits per heavy atom. The third kappa shape index (κ3) is 3.88. The highest BCUT2D eigenvalue weighted by Crippen LogP contribution is 2.32. The fourth-order valence-electron chi connectivity index (χ4n) is 3.76. The number of methoxy groups -OCH3 is 2. The highest BCUT2D eigenvalue weighted by Gasteiger charge is 2.27. The van der Waals surface area contributed by atoms with Crippen molar-refractivity contribution < 1.29 is 23.0 Å². The van der Waals surface area contributed by atoms with Crippen LogP contribution in [-0.2, 0) is 9.84 Å². The molecule has 1 fully saturated rings. The molecule has 1 N–H and O–H groups in total. The third-order valence-electron chi connectivity index (χ3n) is 5.35. The van der Waals surface area contributed by atoms with Gasteiger partial charge in [-0.2, -0.15) is 0 Å². The lowest BCUT2D eigenvalue weighted by atomic mass is 10.1. The zero-order valence-electron chi connectivity index (χ0n) is 17.1. The van der Waals surface area contributed by atoms with E-state index in [0.717, 1.165) is 4.57 Å². The van der Waals surface area contributed by atoms with Crippen molar-refractivity contribution in [2.45, 2.75) is 12.5 Å². The van der Waals surface area contributed by atoms with Crippen molar-refractivity contribution in [1.29, 1.82) is 0 Å². The number of nitrogens with zero attached hydrogens (tertiary/aromatic N) is 2. The molecular formula is C22H22N2O6S. The molecular weight excluding hydrogens is 420 g/mol. The van der Waals surface area contributed by atoms with E-state index >= 15 is 0 Å². The van der Waals surface area contributed by atoms with Crippen LogP contribution in [0.4, 0.5) is 0 Å². The molecule has 0 aliphatic carbocycles. The Kier molecular flexibility index (Phi) is 5.45. The number of pyridine rings is 1. The van der Waals surface area contributed by atoms with Crippen molar-refractivity contribution in [2.24, 2.45) is 4.99 Å². The average molecular weight is 442 g/mol. The van der Waals surface area contributed by atoms with Gasteiger partial charge in [-0.3, -0.25) is 9.79 Å². The Bertz CT molecular complexity index is 1340. The van der Waals surface area contributed by atoms with Crippen molar-refractivity contribution >= 4 is 26.8 Å². The number of hydrogen-bond acceptors (Lipinski definition) is 7. The molecule has 2 aromatic carbocycles. The first-order chi connectivity index (χ1) is 14.8. The van der Waals surface area contributed by atoms with Gasteiger partial charge in [0.15, 0.2) is 9.84 Å². The SMILES string of the molecule is COc1ccc(OC)c(-n2c(O)c(C=N[C@@H]3CCS(=O)(=O)C3)c3ccccc3c2=O)c1. The van der Waals surface area contributed by atoms with Gasteiger partial charge in [-0.15, -0.1) is 0 Å². The zero-order valence-corrected chi connectivity index (χ0v) is 17.9. The Hall–Kier alpha value is -3.33. The molecule has 0 spiro atoms. The first-order valence-electron chi connectivity index (χ1n) is 9.67. The lowest BCUT2D eigenvalue weighted by Gasteiger charge is -2.17. The van der Waals surface area contributed by atoms with Crippen LogP contribution in [0.2, 0.25) is 0 Å². The molecule has 0 bridgehead atoms. The highest BCUT2D eigenvalue weighted by atomic mass is 32.2. The highest BCUT2D eigenvalue weighted by molar-refractivity contribution is 7.91. The molecule has 0 amide bonds. The van der Waals surface area contributed by atoms with Crippen LogP contribution >= 0.6 is 0 Å². The fourth-order valence-corrected chi connectivity index (χ4v) is 5.39. The van der Waals surface area contributed by atoms with Gasteiger partial charge >= 0.3 is 0 Å². The van der Waals surface area contributed by atoms with Crippen molar-refractivity contribution in [1.82, 2.24) is 4.57 Å². The number of fused-ring (bicyclic) bond motifs is 1. The van der Waals surface area contributed by atoms with E-state index in [0.29, 0.717) is 39.9 Å². The van der Waals surface area contributed by atoms with Crippen LogP contribution in [0.25, 0.3) is 16.5 Å². The second-order valence-corrected chi connectivity index (χ2v) is 9.52. The minimum Gasteiger partial charge on any atom is -0.497 e. The normalized spacial score (nSPS) is 17.9. The molecule has 8 nitrogen and oxygen atoms in total. The lowest BCUT2D eigenvalue weighted by molar-refractivity contribution is 0.395. The summed E-state index contributed by atoms with van der Waals surface area (Å²) in [6.07, 6.45) is 1.88. The number of rotatable bonds is 5. The Morgan fingerprint density at radius 1 is 1.13 bits per heavy atom. The molecule has 1 saturated heterocycles. The van der Waals surface area contributed by atoms with E-state index in [9.17, 15) is 18.3 Å². The molecule has 1 aromatic heterocycles. The first kappa shape index (κ1) is 20.9. The minimum atomic E-state index is -3.09. The van der Waals surface area contributed by atoms with E-state index in [-0.39, 0.29) is 23.4 Å². The molecule has 0 saturated carbocycles. The smallest absolute Gasteiger partial charge is 0.265 e. The summed E-state index contributed by atoms with van der Waals surface area (Å²) in [6.45, 7) is 0. The predicted molar refractivity (Wildman–Crippen MR) is 119 cm³/mol. The van der Waals surface area contributed by atoms with Crippen LogP contribution < -0.4 is 15.0 Å². The Balaban J connectivity index is 1.96. The summed E-state index contributed by atoms with van der Waals surface area (Å²) in [4.78, 5) is 17.7. The average Bonchev–Trinajstić information content (AvgIpc) is 3.12. The number of aromatic hydroxyl groups is 1. The fraction of sp³-hybridized carbons (Fsp3) is 0.273. The topological polar surface area (TPSA) is 107 Å². The number of aliphatic imine (C=N–C) groups is 1. The summed E-state index contributed by atoms with van der Waals surface area (Å²) in [5.41, 5.74) is 0.206. The summed E-state index contributed by atoms with van der Waals surface area (Å²) < 4.78 is 35.3. The maximum absolute atomic E-state index is 13.3. The number of aromatic nitrogens is 1. The van der Waals surface area contributed by atoms with Gasteiger partial charge in [0.25, 0.3) is 5.56 Å². The van der Waals surface area contributed by atoms with E-state index in [1.165, 1.54) is 20.4 Å². The summed E-state index contributed by atoms with van der Waals surface area (Å²) in [7, 11) is -0.117. The van der Waals surface area contributed by atoms with Crippen molar-refractivity contribution in [3.8, 4) is 23.1 Å². The van der Waals surface area contributed by atoms with Crippen LogP contribution in [0, 0.1) is 0 Å². The van der Waals surface area contributed by atoms with Crippen molar-refractivity contribution in [3.05, 3.63) is 58.4 Å². The minimum absolute atomic E-state index is 0.0223. The maximum Gasteiger partial charge on any atom is 0.265 e. The standard InChI is InChI=1S/C22H22N2O6S/c1-29-15-7-8-20(30-2)19(11-15)24-21(25)17-6-4-3-5-16(17)18(22(24)26)12-23-14-9-10-31(27,28)13-14/h3-8,11-12,14,26H,9-10,13H2,1-2H3/t14-/m1/s1. The van der Waals surface area contributed by atoms with E-state index in [1.54, 1.807) is 42.5 Å². The van der Waals surface area contributed by atoms with E-state index in [2.05, 4.69) is 4.99 Å². The van der Waals surface area contributed by atoms with Gasteiger partial charge in [0.05, 0.1) is 43.0 Å². The monoisotopic (exact) mass is 442 g/mol. The number of ether oxygens (including phenoxy) is 2. The van der Waals surface area contributed by atoms with Gasteiger partial charge < -0.3 is 14.6 Å². The zero-order chi connectivity index (χ0) is 22.2. The molecule has 0 unspecified atom stereocenters. The van der Waals surface area contributed by atoms with Crippen LogP contribution in [-0.4, -0.2) is 56.1 Å². The molecule has 31 heavy (non-hydrogen) atoms. The van der Waals surface area contributed by atoms with Gasteiger partial charge in [-0.05, 0) is 24.6 Å². The van der Waals surface area contributed by atoms with Gasteiger partial charge in [0.1, 0.15) is 11.5 Å². The number of benzene rings is 2. The van der Waals surface area contributed by atoms with Gasteiger partial charge in [-0.25, -0.2) is 13.0 Å². The summed E-state index contributed by atoms with van der Waals surface area (Å²) in [5, 5.41) is 12.0. The van der Waals surface area contributed by atoms with Crippen LogP contribution in [0.5, 0.6) is 17.4 Å². The molecule has 4 rings (SSSR count). The third-order valence-corrected chi connectivity index (χ3v) is 7.10. The summed E-state index contributed by atoms with van der Waals surface area (Å²) in [6, 6.07) is 11.4. The second-order valence-electron chi connectivity index (χ2n) is 7.30. The molecule has 2 heterocycles. The summed E-state index contributed by atoms with van der Waals surface area (Å²) in [5.74, 6) is 0.619. The van der Waals surface area contributed by atoms with Gasteiger partial charge in [-0.1, -0.05) is 18.2 Å². The molecule has 1 atom stereocenters. The largest absolute Gasteiger partial charge is 0.497 e. The number of hydrogen-bond donors (Lipinski definition) is 1. The molecule has 1 aliphatic heterocycles. The predicted octanol–water partition coefficient (Wildman–Crippen LogP) is 2.32. The van der Waals surface area contributed by atoms with Crippen LogP contribution in [0.1, 0.15) is 12.0 Å². The molecule has 0 radical (unpaired) electrons. The van der Waals surface area contributed by atoms with E-state index in [1.807, 2.05) is 0 Å². The Labute approximate surface area is 179 Å². The molecule has 1 aliphatic rings. The molecule has 162 valence electrons. The van der Waals surface area contributed by atoms with Gasteiger partial charge in [0, 0.05) is 23.1 Å². The second kappa shape index (κ2) is 8.07. The molecule has 9 heteroatoms. The summed E-state index contributed by atoms with van der Waals surface area (Å²) >= 11 is 0. The maximum atomic E-state index is 13.3. The van der Waals surface area contributed by atoms with Crippen molar-refractivity contribution in [2.75, 3.05) is 25.7 Å². The Morgan fingerprint density at radius 3 is 2.52 bits per heavy atom. The van der Waals surface area contributed by atoms with Gasteiger partial charge in [0.2, 0.25) is 5.88 Å². The molecule has 3 aromatic rings. The lowest BCUT2D eigenvalue weighted by Crippen LogP contribution is -2.21. The van der Waals surface area contributed by atoms with E-state index < -0.39 is 15.4 Å². The first-order valence-corrected chi connectivity index (χ1v) is 11.5. The van der Waals surface area contributed by atoms with Crippen molar-refractivity contribution in [3.63, 3.8) is 0 Å². The van der Waals surface area contributed by atoms with Crippen LogP contribution in [0.3, 0.4) is 0 Å².